The van der Waals surface area contributed by atoms with Crippen LogP contribution in [0.1, 0.15) is 0 Å². The molecule has 11 heavy (non-hydrogen) atoms. The Bertz CT molecular complexity index is 396. The number of aromatic amines is 1. The first kappa shape index (κ1) is 7.17. The van der Waals surface area contributed by atoms with E-state index in [-0.39, 0.29) is 0 Å². The molecule has 2 heterocycles. The summed E-state index contributed by atoms with van der Waals surface area (Å²) in [4.78, 5) is 8.02. The lowest BCUT2D eigenvalue weighted by atomic mass is 10.5. The second-order valence-electron chi connectivity index (χ2n) is 1.91. The second kappa shape index (κ2) is 2.53. The summed E-state index contributed by atoms with van der Waals surface area (Å²) in [5.41, 5.74) is 1.53. The van der Waals surface area contributed by atoms with E-state index in [2.05, 4.69) is 52.0 Å². The van der Waals surface area contributed by atoms with Crippen molar-refractivity contribution in [1.29, 1.82) is 0 Å². The molecule has 0 aliphatic carbocycles. The minimum absolute atomic E-state index is 0.562. The van der Waals surface area contributed by atoms with Gasteiger partial charge in [-0.05, 0) is 31.9 Å². The SMILES string of the molecule is Brc1ncc2n[nH]c(Br)c2n1. The van der Waals surface area contributed by atoms with E-state index in [9.17, 15) is 0 Å². The molecule has 0 aromatic carbocycles. The van der Waals surface area contributed by atoms with Crippen LogP contribution in [0.2, 0.25) is 0 Å². The van der Waals surface area contributed by atoms with Crippen molar-refractivity contribution in [1.82, 2.24) is 20.2 Å². The fourth-order valence-corrected chi connectivity index (χ4v) is 1.42. The van der Waals surface area contributed by atoms with Gasteiger partial charge >= 0.3 is 0 Å². The Kier molecular flexibility index (Phi) is 1.65. The van der Waals surface area contributed by atoms with E-state index < -0.39 is 0 Å². The highest BCUT2D eigenvalue weighted by Gasteiger charge is 2.03. The molecule has 0 radical (unpaired) electrons. The predicted octanol–water partition coefficient (Wildman–Crippen LogP) is 1.88. The normalized spacial score (nSPS) is 10.7. The summed E-state index contributed by atoms with van der Waals surface area (Å²) in [6.45, 7) is 0. The molecule has 6 heteroatoms. The Balaban J connectivity index is 2.87. The van der Waals surface area contributed by atoms with Crippen LogP contribution in [0.5, 0.6) is 0 Å². The molecular weight excluding hydrogens is 276 g/mol. The van der Waals surface area contributed by atoms with E-state index in [4.69, 9.17) is 0 Å². The number of fused-ring (bicyclic) bond motifs is 1. The Hall–Kier alpha value is -0.490. The number of hydrogen-bond donors (Lipinski definition) is 1. The first-order valence-electron chi connectivity index (χ1n) is 2.79. The molecule has 0 unspecified atom stereocenters. The van der Waals surface area contributed by atoms with Gasteiger partial charge in [0.05, 0.1) is 6.20 Å². The molecular formula is C5H2Br2N4. The molecule has 0 amide bonds. The molecule has 1 N–H and O–H groups in total. The number of aromatic nitrogens is 4. The molecule has 2 rings (SSSR count). The third-order valence-corrected chi connectivity index (χ3v) is 2.16. The summed E-state index contributed by atoms with van der Waals surface area (Å²) >= 11 is 6.44. The third kappa shape index (κ3) is 1.16. The lowest BCUT2D eigenvalue weighted by Crippen LogP contribution is -1.80. The molecule has 56 valence electrons. The van der Waals surface area contributed by atoms with Gasteiger partial charge in [-0.15, -0.1) is 0 Å². The molecule has 0 saturated heterocycles. The van der Waals surface area contributed by atoms with Gasteiger partial charge < -0.3 is 0 Å². The first-order chi connectivity index (χ1) is 5.27. The summed E-state index contributed by atoms with van der Waals surface area (Å²) in [7, 11) is 0. The van der Waals surface area contributed by atoms with E-state index >= 15 is 0 Å². The molecule has 0 aliphatic rings. The molecule has 0 atom stereocenters. The van der Waals surface area contributed by atoms with Crippen LogP contribution >= 0.6 is 31.9 Å². The highest BCUT2D eigenvalue weighted by atomic mass is 79.9. The Morgan fingerprint density at radius 3 is 3.00 bits per heavy atom. The van der Waals surface area contributed by atoms with Crippen LogP contribution in [-0.4, -0.2) is 20.2 Å². The number of halogens is 2. The summed E-state index contributed by atoms with van der Waals surface area (Å²) in [5.74, 6) is 0. The first-order valence-corrected chi connectivity index (χ1v) is 4.38. The second-order valence-corrected chi connectivity index (χ2v) is 3.41. The van der Waals surface area contributed by atoms with Crippen LogP contribution in [0.15, 0.2) is 15.5 Å². The monoisotopic (exact) mass is 276 g/mol. The summed E-state index contributed by atoms with van der Waals surface area (Å²) in [6, 6.07) is 0. The minimum Gasteiger partial charge on any atom is -0.268 e. The summed E-state index contributed by atoms with van der Waals surface area (Å²) in [5, 5.41) is 6.69. The van der Waals surface area contributed by atoms with E-state index in [1.54, 1.807) is 6.20 Å². The molecule has 0 spiro atoms. The largest absolute Gasteiger partial charge is 0.268 e. The maximum Gasteiger partial charge on any atom is 0.197 e. The van der Waals surface area contributed by atoms with Gasteiger partial charge in [-0.25, -0.2) is 9.97 Å². The van der Waals surface area contributed by atoms with Crippen molar-refractivity contribution in [3.05, 3.63) is 15.5 Å². The molecule has 2 aromatic heterocycles. The fourth-order valence-electron chi connectivity index (χ4n) is 0.760. The average Bonchev–Trinajstić information content (AvgIpc) is 2.33. The zero-order valence-electron chi connectivity index (χ0n) is 5.17. The van der Waals surface area contributed by atoms with E-state index in [1.807, 2.05) is 0 Å². The molecule has 2 aromatic rings. The van der Waals surface area contributed by atoms with Crippen molar-refractivity contribution in [3.8, 4) is 0 Å². The van der Waals surface area contributed by atoms with Gasteiger partial charge in [0.2, 0.25) is 0 Å². The Morgan fingerprint density at radius 1 is 1.36 bits per heavy atom. The highest BCUT2D eigenvalue weighted by molar-refractivity contribution is 9.10. The highest BCUT2D eigenvalue weighted by Crippen LogP contribution is 2.18. The topological polar surface area (TPSA) is 54.5 Å². The van der Waals surface area contributed by atoms with Crippen LogP contribution in [0.3, 0.4) is 0 Å². The van der Waals surface area contributed by atoms with Crippen molar-refractivity contribution >= 4 is 42.9 Å². The van der Waals surface area contributed by atoms with E-state index in [0.29, 0.717) is 4.73 Å². The van der Waals surface area contributed by atoms with Crippen molar-refractivity contribution in [2.45, 2.75) is 0 Å². The minimum atomic E-state index is 0.562. The summed E-state index contributed by atoms with van der Waals surface area (Å²) in [6.07, 6.45) is 1.65. The molecule has 0 fully saturated rings. The summed E-state index contributed by atoms with van der Waals surface area (Å²) < 4.78 is 1.34. The lowest BCUT2D eigenvalue weighted by Gasteiger charge is -1.87. The van der Waals surface area contributed by atoms with Gasteiger partial charge in [-0.1, -0.05) is 0 Å². The van der Waals surface area contributed by atoms with Crippen LogP contribution < -0.4 is 0 Å². The molecule has 0 saturated carbocycles. The van der Waals surface area contributed by atoms with Crippen LogP contribution in [0, 0.1) is 0 Å². The Morgan fingerprint density at radius 2 is 2.18 bits per heavy atom. The van der Waals surface area contributed by atoms with E-state index in [0.717, 1.165) is 15.6 Å². The lowest BCUT2D eigenvalue weighted by molar-refractivity contribution is 1.09. The van der Waals surface area contributed by atoms with Crippen molar-refractivity contribution in [2.75, 3.05) is 0 Å². The number of rotatable bonds is 0. The van der Waals surface area contributed by atoms with Gasteiger partial charge in [-0.2, -0.15) is 5.10 Å². The van der Waals surface area contributed by atoms with Crippen molar-refractivity contribution in [2.24, 2.45) is 0 Å². The molecule has 0 aliphatic heterocycles. The van der Waals surface area contributed by atoms with Crippen molar-refractivity contribution < 1.29 is 0 Å². The zero-order valence-corrected chi connectivity index (χ0v) is 8.35. The Labute approximate surface area is 78.7 Å². The van der Waals surface area contributed by atoms with Gasteiger partial charge in [0, 0.05) is 0 Å². The average molecular weight is 278 g/mol. The molecule has 0 bridgehead atoms. The zero-order chi connectivity index (χ0) is 7.84. The van der Waals surface area contributed by atoms with Gasteiger partial charge in [-0.3, -0.25) is 5.10 Å². The number of hydrogen-bond acceptors (Lipinski definition) is 3. The van der Waals surface area contributed by atoms with E-state index in [1.165, 1.54) is 0 Å². The quantitative estimate of drug-likeness (QED) is 0.748. The predicted molar refractivity (Wildman–Crippen MR) is 47.1 cm³/mol. The molecule has 4 nitrogen and oxygen atoms in total. The standard InChI is InChI=1S/C5H2Br2N4/c6-4-3-2(10-11-4)1-8-5(7)9-3/h1H,(H,10,11). The number of nitrogens with zero attached hydrogens (tertiary/aromatic N) is 3. The maximum atomic E-state index is 4.10. The van der Waals surface area contributed by atoms with Gasteiger partial charge in [0.25, 0.3) is 0 Å². The van der Waals surface area contributed by atoms with Crippen LogP contribution in [0.25, 0.3) is 11.0 Å². The maximum absolute atomic E-state index is 4.10. The van der Waals surface area contributed by atoms with Crippen LogP contribution in [-0.2, 0) is 0 Å². The smallest absolute Gasteiger partial charge is 0.197 e. The number of nitrogens with one attached hydrogen (secondary N) is 1. The third-order valence-electron chi connectivity index (χ3n) is 1.22. The van der Waals surface area contributed by atoms with Crippen molar-refractivity contribution in [3.63, 3.8) is 0 Å². The van der Waals surface area contributed by atoms with Gasteiger partial charge in [0.15, 0.2) is 4.73 Å². The fraction of sp³-hybridized carbons (Fsp3) is 0. The van der Waals surface area contributed by atoms with Crippen LogP contribution in [0.4, 0.5) is 0 Å². The number of H-pyrrole nitrogens is 1. The van der Waals surface area contributed by atoms with Gasteiger partial charge in [0.1, 0.15) is 15.6 Å².